The van der Waals surface area contributed by atoms with Crippen LogP contribution >= 0.6 is 23.1 Å². The fourth-order valence-corrected chi connectivity index (χ4v) is 3.73. The summed E-state index contributed by atoms with van der Waals surface area (Å²) in [6.07, 6.45) is 4.59. The fraction of sp³-hybridized carbons (Fsp3) is 0.188. The van der Waals surface area contributed by atoms with Gasteiger partial charge in [-0.25, -0.2) is 4.39 Å². The molecule has 4 nitrogen and oxygen atoms in total. The summed E-state index contributed by atoms with van der Waals surface area (Å²) in [7, 11) is 0. The van der Waals surface area contributed by atoms with E-state index in [1.54, 1.807) is 23.9 Å². The van der Waals surface area contributed by atoms with Crippen molar-refractivity contribution in [3.63, 3.8) is 0 Å². The van der Waals surface area contributed by atoms with E-state index < -0.39 is 0 Å². The van der Waals surface area contributed by atoms with E-state index >= 15 is 0 Å². The van der Waals surface area contributed by atoms with Crippen LogP contribution in [0.25, 0.3) is 0 Å². The monoisotopic (exact) mass is 346 g/mol. The highest BCUT2D eigenvalue weighted by molar-refractivity contribution is 8.01. The van der Waals surface area contributed by atoms with Gasteiger partial charge in [0.1, 0.15) is 5.82 Å². The summed E-state index contributed by atoms with van der Waals surface area (Å²) in [5.74, 6) is 0.730. The van der Waals surface area contributed by atoms with Crippen LogP contribution in [-0.4, -0.2) is 20.9 Å². The lowest BCUT2D eigenvalue weighted by Crippen LogP contribution is -1.98. The van der Waals surface area contributed by atoms with Crippen molar-refractivity contribution in [1.29, 1.82) is 0 Å². The number of thioether (sulfide) groups is 1. The molecule has 2 aromatic heterocycles. The maximum absolute atomic E-state index is 12.8. The topological polar surface area (TPSA) is 50.7 Å². The molecule has 23 heavy (non-hydrogen) atoms. The van der Waals surface area contributed by atoms with Crippen molar-refractivity contribution in [2.75, 3.05) is 11.1 Å². The van der Waals surface area contributed by atoms with Crippen molar-refractivity contribution in [2.24, 2.45) is 0 Å². The highest BCUT2D eigenvalue weighted by Crippen LogP contribution is 2.26. The van der Waals surface area contributed by atoms with E-state index in [-0.39, 0.29) is 5.82 Å². The zero-order valence-corrected chi connectivity index (χ0v) is 13.9. The maximum atomic E-state index is 12.8. The van der Waals surface area contributed by atoms with E-state index in [2.05, 4.69) is 20.5 Å². The number of nitrogens with one attached hydrogen (secondary N) is 1. The van der Waals surface area contributed by atoms with Gasteiger partial charge >= 0.3 is 0 Å². The molecule has 2 heterocycles. The molecular formula is C16H15FN4S2. The first-order valence-corrected chi connectivity index (χ1v) is 8.93. The third-order valence-electron chi connectivity index (χ3n) is 3.13. The largest absolute Gasteiger partial charge is 0.356 e. The van der Waals surface area contributed by atoms with Gasteiger partial charge in [0, 0.05) is 24.7 Å². The average Bonchev–Trinajstić information content (AvgIpc) is 3.03. The van der Waals surface area contributed by atoms with E-state index in [1.807, 2.05) is 24.5 Å². The van der Waals surface area contributed by atoms with Crippen LogP contribution in [0.5, 0.6) is 0 Å². The van der Waals surface area contributed by atoms with Crippen molar-refractivity contribution >= 4 is 28.2 Å². The summed E-state index contributed by atoms with van der Waals surface area (Å²) in [5.41, 5.74) is 2.28. The smallest absolute Gasteiger partial charge is 0.206 e. The van der Waals surface area contributed by atoms with Gasteiger partial charge in [0.2, 0.25) is 5.13 Å². The van der Waals surface area contributed by atoms with Crippen LogP contribution in [0.3, 0.4) is 0 Å². The van der Waals surface area contributed by atoms with Crippen molar-refractivity contribution in [2.45, 2.75) is 17.3 Å². The first-order valence-electron chi connectivity index (χ1n) is 7.13. The molecule has 1 aromatic carbocycles. The van der Waals surface area contributed by atoms with Crippen LogP contribution in [0.2, 0.25) is 0 Å². The molecule has 0 saturated carbocycles. The molecule has 0 aliphatic heterocycles. The summed E-state index contributed by atoms with van der Waals surface area (Å²) >= 11 is 3.23. The van der Waals surface area contributed by atoms with Gasteiger partial charge in [0.05, 0.1) is 0 Å². The van der Waals surface area contributed by atoms with Gasteiger partial charge < -0.3 is 5.32 Å². The Kier molecular flexibility index (Phi) is 5.55. The molecule has 1 N–H and O–H groups in total. The Bertz CT molecular complexity index is 731. The fourth-order valence-electron chi connectivity index (χ4n) is 1.93. The zero-order valence-electron chi connectivity index (χ0n) is 12.3. The number of aromatic nitrogens is 3. The quantitative estimate of drug-likeness (QED) is 0.655. The van der Waals surface area contributed by atoms with E-state index in [0.29, 0.717) is 6.54 Å². The molecule has 0 radical (unpaired) electrons. The molecule has 0 saturated heterocycles. The van der Waals surface area contributed by atoms with Crippen molar-refractivity contribution in [3.05, 3.63) is 65.7 Å². The molecule has 0 aliphatic rings. The second-order valence-electron chi connectivity index (χ2n) is 4.81. The number of hydrogen-bond acceptors (Lipinski definition) is 6. The Labute approximate surface area is 142 Å². The standard InChI is InChI=1S/C16H15FN4S2/c17-14-3-1-13(2-4-14)11-19-15-20-21-16(23-15)22-10-7-12-5-8-18-9-6-12/h1-6,8-9H,7,10-11H2,(H,19,20). The first kappa shape index (κ1) is 15.9. The van der Waals surface area contributed by atoms with Gasteiger partial charge in [-0.3, -0.25) is 4.98 Å². The lowest BCUT2D eigenvalue weighted by atomic mass is 10.2. The van der Waals surface area contributed by atoms with Gasteiger partial charge in [0.15, 0.2) is 4.34 Å². The molecule has 0 fully saturated rings. The van der Waals surface area contributed by atoms with E-state index in [0.717, 1.165) is 27.2 Å². The summed E-state index contributed by atoms with van der Waals surface area (Å²) in [5, 5.41) is 12.3. The molecule has 0 atom stereocenters. The first-order chi connectivity index (χ1) is 11.3. The molecule has 3 aromatic rings. The minimum absolute atomic E-state index is 0.224. The number of halogens is 1. The second kappa shape index (κ2) is 8.03. The molecule has 0 aliphatic carbocycles. The lowest BCUT2D eigenvalue weighted by Gasteiger charge is -2.01. The summed E-state index contributed by atoms with van der Waals surface area (Å²) in [6.45, 7) is 0.608. The normalized spacial score (nSPS) is 10.7. The van der Waals surface area contributed by atoms with E-state index in [9.17, 15) is 4.39 Å². The van der Waals surface area contributed by atoms with Crippen LogP contribution in [-0.2, 0) is 13.0 Å². The Morgan fingerprint density at radius 3 is 2.57 bits per heavy atom. The van der Waals surface area contributed by atoms with Crippen LogP contribution in [0, 0.1) is 5.82 Å². The van der Waals surface area contributed by atoms with Gasteiger partial charge in [-0.1, -0.05) is 35.2 Å². The minimum atomic E-state index is -0.224. The number of nitrogens with zero attached hydrogens (tertiary/aromatic N) is 3. The van der Waals surface area contributed by atoms with Gasteiger partial charge in [-0.15, -0.1) is 10.2 Å². The van der Waals surface area contributed by atoms with Crippen molar-refractivity contribution in [1.82, 2.24) is 15.2 Å². The summed E-state index contributed by atoms with van der Waals surface area (Å²) in [6, 6.07) is 10.5. The number of hydrogen-bond donors (Lipinski definition) is 1. The number of pyridine rings is 1. The van der Waals surface area contributed by atoms with Crippen molar-refractivity contribution < 1.29 is 4.39 Å². The Balaban J connectivity index is 1.45. The molecule has 7 heteroatoms. The number of rotatable bonds is 7. The molecular weight excluding hydrogens is 331 g/mol. The van der Waals surface area contributed by atoms with Crippen LogP contribution in [0.4, 0.5) is 9.52 Å². The van der Waals surface area contributed by atoms with Gasteiger partial charge in [-0.2, -0.15) is 0 Å². The summed E-state index contributed by atoms with van der Waals surface area (Å²) < 4.78 is 13.8. The Morgan fingerprint density at radius 2 is 1.78 bits per heavy atom. The van der Waals surface area contributed by atoms with Gasteiger partial charge in [0.25, 0.3) is 0 Å². The molecule has 3 rings (SSSR count). The zero-order chi connectivity index (χ0) is 15.9. The molecule has 0 bridgehead atoms. The molecule has 0 unspecified atom stereocenters. The third-order valence-corrected chi connectivity index (χ3v) is 5.15. The second-order valence-corrected chi connectivity index (χ2v) is 7.13. The molecule has 118 valence electrons. The van der Waals surface area contributed by atoms with Crippen LogP contribution in [0.1, 0.15) is 11.1 Å². The Hall–Kier alpha value is -1.99. The van der Waals surface area contributed by atoms with E-state index in [1.165, 1.54) is 29.0 Å². The van der Waals surface area contributed by atoms with Crippen LogP contribution < -0.4 is 5.32 Å². The average molecular weight is 346 g/mol. The number of benzene rings is 1. The number of aryl methyl sites for hydroxylation is 1. The highest BCUT2D eigenvalue weighted by atomic mass is 32.2. The van der Waals surface area contributed by atoms with Crippen molar-refractivity contribution in [3.8, 4) is 0 Å². The number of anilines is 1. The predicted molar refractivity (Wildman–Crippen MR) is 92.3 cm³/mol. The van der Waals surface area contributed by atoms with Gasteiger partial charge in [-0.05, 0) is 41.8 Å². The SMILES string of the molecule is Fc1ccc(CNc2nnc(SCCc3ccncc3)s2)cc1. The predicted octanol–water partition coefficient (Wildman–Crippen LogP) is 4.02. The summed E-state index contributed by atoms with van der Waals surface area (Å²) in [4.78, 5) is 4.01. The lowest BCUT2D eigenvalue weighted by molar-refractivity contribution is 0.627. The van der Waals surface area contributed by atoms with E-state index in [4.69, 9.17) is 0 Å². The molecule has 0 spiro atoms. The third kappa shape index (κ3) is 5.01. The minimum Gasteiger partial charge on any atom is -0.356 e. The van der Waals surface area contributed by atoms with Crippen LogP contribution in [0.15, 0.2) is 53.1 Å². The molecule has 0 amide bonds. The maximum Gasteiger partial charge on any atom is 0.206 e. The Morgan fingerprint density at radius 1 is 1.00 bits per heavy atom. The highest BCUT2D eigenvalue weighted by Gasteiger charge is 2.05.